The molecule has 0 bridgehead atoms. The lowest BCUT2D eigenvalue weighted by molar-refractivity contribution is -0.114. The molecule has 2 rings (SSSR count). The average Bonchev–Trinajstić information content (AvgIpc) is 2.54. The van der Waals surface area contributed by atoms with Gasteiger partial charge in [-0.3, -0.25) is 9.59 Å². The van der Waals surface area contributed by atoms with E-state index in [1.807, 2.05) is 0 Å². The highest BCUT2D eigenvalue weighted by atomic mass is 16.2. The van der Waals surface area contributed by atoms with Gasteiger partial charge in [-0.2, -0.15) is 0 Å². The predicted octanol–water partition coefficient (Wildman–Crippen LogP) is 2.76. The van der Waals surface area contributed by atoms with Gasteiger partial charge in [-0.15, -0.1) is 10.2 Å². The second-order valence-corrected chi connectivity index (χ2v) is 5.79. The van der Waals surface area contributed by atoms with Gasteiger partial charge in [0.1, 0.15) is 5.82 Å². The Morgan fingerprint density at radius 3 is 2.08 bits per heavy atom. The molecule has 3 N–H and O–H groups in total. The number of nitrogens with zero attached hydrogens (tertiary/aromatic N) is 2. The van der Waals surface area contributed by atoms with Gasteiger partial charge >= 0.3 is 0 Å². The van der Waals surface area contributed by atoms with Crippen LogP contribution >= 0.6 is 0 Å². The van der Waals surface area contributed by atoms with Gasteiger partial charge in [-0.1, -0.05) is 13.8 Å². The van der Waals surface area contributed by atoms with Crippen LogP contribution in [0.2, 0.25) is 0 Å². The summed E-state index contributed by atoms with van der Waals surface area (Å²) in [6, 6.07) is 10.2. The first kappa shape index (κ1) is 17.4. The summed E-state index contributed by atoms with van der Waals surface area (Å²) in [4.78, 5) is 23.1. The predicted molar refractivity (Wildman–Crippen MR) is 94.1 cm³/mol. The number of carbonyl (C=O) groups excluding carboxylic acids is 2. The van der Waals surface area contributed by atoms with E-state index in [1.165, 1.54) is 6.92 Å². The van der Waals surface area contributed by atoms with E-state index in [9.17, 15) is 9.59 Å². The molecule has 0 saturated carbocycles. The smallest absolute Gasteiger partial charge is 0.276 e. The largest absolute Gasteiger partial charge is 0.368 e. The summed E-state index contributed by atoms with van der Waals surface area (Å²) < 4.78 is 0. The van der Waals surface area contributed by atoms with Crippen molar-refractivity contribution >= 4 is 29.0 Å². The summed E-state index contributed by atoms with van der Waals surface area (Å²) >= 11 is 0. The highest BCUT2D eigenvalue weighted by Crippen LogP contribution is 2.14. The second kappa shape index (κ2) is 8.05. The van der Waals surface area contributed by atoms with Crippen LogP contribution < -0.4 is 16.0 Å². The van der Waals surface area contributed by atoms with Crippen LogP contribution in [0.25, 0.3) is 0 Å². The minimum Gasteiger partial charge on any atom is -0.368 e. The van der Waals surface area contributed by atoms with Gasteiger partial charge in [-0.25, -0.2) is 0 Å². The molecule has 0 saturated heterocycles. The molecule has 0 spiro atoms. The number of carbonyl (C=O) groups is 2. The zero-order valence-corrected chi connectivity index (χ0v) is 14.0. The highest BCUT2D eigenvalue weighted by molar-refractivity contribution is 6.03. The Hall–Kier alpha value is -2.96. The van der Waals surface area contributed by atoms with Gasteiger partial charge in [-0.05, 0) is 42.3 Å². The molecule has 7 nitrogen and oxygen atoms in total. The highest BCUT2D eigenvalue weighted by Gasteiger charge is 2.09. The fourth-order valence-electron chi connectivity index (χ4n) is 1.89. The molecule has 2 aromatic rings. The Bertz CT molecular complexity index is 696. The molecule has 7 heteroatoms. The average molecular weight is 327 g/mol. The molecular formula is C17H21N5O2. The van der Waals surface area contributed by atoms with Gasteiger partial charge in [0, 0.05) is 24.8 Å². The second-order valence-electron chi connectivity index (χ2n) is 5.79. The molecule has 0 radical (unpaired) electrons. The Morgan fingerprint density at radius 1 is 0.958 bits per heavy atom. The van der Waals surface area contributed by atoms with Gasteiger partial charge in [0.05, 0.1) is 0 Å². The number of hydrogen-bond acceptors (Lipinski definition) is 5. The molecular weight excluding hydrogens is 306 g/mol. The lowest BCUT2D eigenvalue weighted by Crippen LogP contribution is -2.15. The van der Waals surface area contributed by atoms with Crippen LogP contribution in [0, 0.1) is 5.92 Å². The minimum absolute atomic E-state index is 0.145. The standard InChI is InChI=1S/C17H21N5O2/c1-11(2)10-18-16-9-8-15(21-22-16)17(24)20-14-6-4-13(5-7-14)19-12(3)23/h4-9,11H,10H2,1-3H3,(H,18,22)(H,19,23)(H,20,24). The Balaban J connectivity index is 1.95. The van der Waals surface area contributed by atoms with Crippen molar-refractivity contribution in [3.8, 4) is 0 Å². The monoisotopic (exact) mass is 327 g/mol. The summed E-state index contributed by atoms with van der Waals surface area (Å²) in [6.45, 7) is 6.42. The molecule has 1 aromatic carbocycles. The Morgan fingerprint density at radius 2 is 1.58 bits per heavy atom. The van der Waals surface area contributed by atoms with Gasteiger partial charge < -0.3 is 16.0 Å². The van der Waals surface area contributed by atoms with Gasteiger partial charge in [0.25, 0.3) is 5.91 Å². The zero-order chi connectivity index (χ0) is 17.5. The molecule has 0 aliphatic heterocycles. The third-order valence-electron chi connectivity index (χ3n) is 3.05. The van der Waals surface area contributed by atoms with Crippen molar-refractivity contribution in [3.05, 3.63) is 42.1 Å². The molecule has 2 amide bonds. The van der Waals surface area contributed by atoms with Crippen molar-refractivity contribution in [2.45, 2.75) is 20.8 Å². The molecule has 0 aliphatic rings. The third kappa shape index (κ3) is 5.35. The minimum atomic E-state index is -0.342. The van der Waals surface area contributed by atoms with Crippen molar-refractivity contribution in [2.24, 2.45) is 5.92 Å². The SMILES string of the molecule is CC(=O)Nc1ccc(NC(=O)c2ccc(NCC(C)C)nn2)cc1. The van der Waals surface area contributed by atoms with E-state index < -0.39 is 0 Å². The molecule has 126 valence electrons. The van der Waals surface area contributed by atoms with E-state index >= 15 is 0 Å². The third-order valence-corrected chi connectivity index (χ3v) is 3.05. The van der Waals surface area contributed by atoms with E-state index in [4.69, 9.17) is 0 Å². The first-order valence-electron chi connectivity index (χ1n) is 7.70. The van der Waals surface area contributed by atoms with Crippen LogP contribution in [0.15, 0.2) is 36.4 Å². The number of anilines is 3. The molecule has 0 aliphatic carbocycles. The Labute approximate surface area is 140 Å². The number of aromatic nitrogens is 2. The maximum atomic E-state index is 12.2. The summed E-state index contributed by atoms with van der Waals surface area (Å²) in [6.07, 6.45) is 0. The van der Waals surface area contributed by atoms with Gasteiger partial charge in [0.2, 0.25) is 5.91 Å². The van der Waals surface area contributed by atoms with Gasteiger partial charge in [0.15, 0.2) is 5.69 Å². The normalized spacial score (nSPS) is 10.3. The van der Waals surface area contributed by atoms with Crippen LogP contribution in [-0.4, -0.2) is 28.6 Å². The number of rotatable bonds is 6. The lowest BCUT2D eigenvalue weighted by Gasteiger charge is -2.08. The van der Waals surface area contributed by atoms with Crippen LogP contribution in [0.4, 0.5) is 17.2 Å². The molecule has 0 atom stereocenters. The number of hydrogen-bond donors (Lipinski definition) is 3. The fourth-order valence-corrected chi connectivity index (χ4v) is 1.89. The van der Waals surface area contributed by atoms with Crippen molar-refractivity contribution in [1.29, 1.82) is 0 Å². The maximum absolute atomic E-state index is 12.2. The van der Waals surface area contributed by atoms with Crippen LogP contribution in [0.1, 0.15) is 31.3 Å². The summed E-state index contributed by atoms with van der Waals surface area (Å²) in [5.41, 5.74) is 1.51. The fraction of sp³-hybridized carbons (Fsp3) is 0.294. The van der Waals surface area contributed by atoms with E-state index in [0.29, 0.717) is 23.1 Å². The van der Waals surface area contributed by atoms with Crippen molar-refractivity contribution in [3.63, 3.8) is 0 Å². The van der Waals surface area contributed by atoms with Crippen LogP contribution in [0.5, 0.6) is 0 Å². The van der Waals surface area contributed by atoms with Crippen molar-refractivity contribution < 1.29 is 9.59 Å². The first-order chi connectivity index (χ1) is 11.4. The van der Waals surface area contributed by atoms with E-state index in [1.54, 1.807) is 36.4 Å². The maximum Gasteiger partial charge on any atom is 0.276 e. The van der Waals surface area contributed by atoms with E-state index in [2.05, 4.69) is 40.0 Å². The van der Waals surface area contributed by atoms with E-state index in [-0.39, 0.29) is 17.5 Å². The molecule has 0 fully saturated rings. The quantitative estimate of drug-likeness (QED) is 0.758. The van der Waals surface area contributed by atoms with Crippen LogP contribution in [0.3, 0.4) is 0 Å². The van der Waals surface area contributed by atoms with Crippen molar-refractivity contribution in [1.82, 2.24) is 10.2 Å². The first-order valence-corrected chi connectivity index (χ1v) is 7.70. The van der Waals surface area contributed by atoms with Crippen LogP contribution in [-0.2, 0) is 4.79 Å². The van der Waals surface area contributed by atoms with Crippen molar-refractivity contribution in [2.75, 3.05) is 22.5 Å². The molecule has 1 heterocycles. The molecule has 1 aromatic heterocycles. The number of benzene rings is 1. The number of amides is 2. The topological polar surface area (TPSA) is 96.0 Å². The lowest BCUT2D eigenvalue weighted by atomic mass is 10.2. The molecule has 24 heavy (non-hydrogen) atoms. The Kier molecular flexibility index (Phi) is 5.83. The zero-order valence-electron chi connectivity index (χ0n) is 14.0. The summed E-state index contributed by atoms with van der Waals surface area (Å²) in [5, 5.41) is 16.5. The van der Waals surface area contributed by atoms with E-state index in [0.717, 1.165) is 6.54 Å². The summed E-state index contributed by atoms with van der Waals surface area (Å²) in [5.74, 6) is 0.647. The molecule has 0 unspecified atom stereocenters. The number of nitrogens with one attached hydrogen (secondary N) is 3. The summed E-state index contributed by atoms with van der Waals surface area (Å²) in [7, 11) is 0.